The second-order valence-electron chi connectivity index (χ2n) is 3.35. The summed E-state index contributed by atoms with van der Waals surface area (Å²) in [5.41, 5.74) is 7.47. The molecule has 4 nitrogen and oxygen atoms in total. The molecule has 0 atom stereocenters. The lowest BCUT2D eigenvalue weighted by molar-refractivity contribution is 0.0691. The van der Waals surface area contributed by atoms with Gasteiger partial charge in [0.1, 0.15) is 0 Å². The number of anilines is 1. The summed E-state index contributed by atoms with van der Waals surface area (Å²) in [7, 11) is 0. The first-order chi connectivity index (χ1) is 7.65. The molecule has 0 saturated carbocycles. The van der Waals surface area contributed by atoms with Crippen molar-refractivity contribution in [1.29, 1.82) is 0 Å². The first kappa shape index (κ1) is 16.7. The summed E-state index contributed by atoms with van der Waals surface area (Å²) in [4.78, 5) is 14.7. The van der Waals surface area contributed by atoms with E-state index in [0.717, 1.165) is 10.6 Å². The largest absolute Gasteiger partial charge is 0.476 e. The summed E-state index contributed by atoms with van der Waals surface area (Å²) in [6.45, 7) is 0. The van der Waals surface area contributed by atoms with Crippen LogP contribution in [0.2, 0.25) is 0 Å². The van der Waals surface area contributed by atoms with Gasteiger partial charge in [0.25, 0.3) is 0 Å². The summed E-state index contributed by atoms with van der Waals surface area (Å²) in [5.74, 6) is -0.986. The fraction of sp³-hybridized carbons (Fsp3) is 0.0909. The number of thiazole rings is 1. The van der Waals surface area contributed by atoms with Gasteiger partial charge < -0.3 is 10.8 Å². The van der Waals surface area contributed by atoms with Gasteiger partial charge in [0.05, 0.1) is 5.01 Å². The molecule has 0 fully saturated rings. The van der Waals surface area contributed by atoms with E-state index in [1.54, 1.807) is 5.38 Å². The number of hydrogen-bond donors (Lipinski definition) is 2. The monoisotopic (exact) mass is 306 g/mol. The molecule has 2 rings (SSSR count). The van der Waals surface area contributed by atoms with Crippen LogP contribution in [0.3, 0.4) is 0 Å². The Kier molecular flexibility index (Phi) is 6.68. The molecule has 1 aromatic heterocycles. The number of rotatable bonds is 3. The molecule has 0 aliphatic heterocycles. The van der Waals surface area contributed by atoms with Crippen molar-refractivity contribution >= 4 is 47.8 Å². The maximum Gasteiger partial charge on any atom is 0.355 e. The smallest absolute Gasteiger partial charge is 0.355 e. The zero-order chi connectivity index (χ0) is 11.5. The maximum absolute atomic E-state index is 10.6. The van der Waals surface area contributed by atoms with Crippen LogP contribution >= 0.6 is 36.2 Å². The number of nitrogens with two attached hydrogens (primary N) is 1. The predicted octanol–water partition coefficient (Wildman–Crippen LogP) is 2.86. The summed E-state index contributed by atoms with van der Waals surface area (Å²) in [6, 6.07) is 7.47. The fourth-order valence-electron chi connectivity index (χ4n) is 1.30. The average Bonchev–Trinajstić information content (AvgIpc) is 2.70. The number of nitrogens with zero attached hydrogens (tertiary/aromatic N) is 1. The highest BCUT2D eigenvalue weighted by molar-refractivity contribution is 7.09. The third-order valence-corrected chi connectivity index (χ3v) is 2.95. The number of hydrogen-bond acceptors (Lipinski definition) is 4. The summed E-state index contributed by atoms with van der Waals surface area (Å²) in [6.07, 6.45) is 0.637. The highest BCUT2D eigenvalue weighted by Crippen LogP contribution is 2.15. The summed E-state index contributed by atoms with van der Waals surface area (Å²) in [5, 5.41) is 11.1. The molecule has 3 N–H and O–H groups in total. The molecule has 0 spiro atoms. The number of aromatic carboxylic acids is 1. The molecule has 0 unspecified atom stereocenters. The van der Waals surface area contributed by atoms with Gasteiger partial charge in [0, 0.05) is 17.5 Å². The first-order valence-electron chi connectivity index (χ1n) is 4.67. The van der Waals surface area contributed by atoms with Crippen LogP contribution in [0.1, 0.15) is 21.1 Å². The Bertz CT molecular complexity index is 514. The Labute approximate surface area is 121 Å². The van der Waals surface area contributed by atoms with Crippen molar-refractivity contribution in [3.05, 3.63) is 45.9 Å². The van der Waals surface area contributed by atoms with Crippen molar-refractivity contribution in [2.75, 3.05) is 5.73 Å². The molecule has 0 saturated heterocycles. The molecular formula is C11H12Cl2N2O2S. The van der Waals surface area contributed by atoms with E-state index in [0.29, 0.717) is 12.1 Å². The lowest BCUT2D eigenvalue weighted by atomic mass is 10.1. The Balaban J connectivity index is 0.00000144. The van der Waals surface area contributed by atoms with Gasteiger partial charge in [-0.1, -0.05) is 12.1 Å². The quantitative estimate of drug-likeness (QED) is 0.855. The SMILES string of the molecule is Cl.Cl.Nc1ccc(Cc2nc(C(=O)O)cs2)cc1. The van der Waals surface area contributed by atoms with Crippen LogP contribution in [-0.4, -0.2) is 16.1 Å². The van der Waals surface area contributed by atoms with Gasteiger partial charge in [0.2, 0.25) is 0 Å². The lowest BCUT2D eigenvalue weighted by Crippen LogP contribution is -1.97. The van der Waals surface area contributed by atoms with Crippen LogP contribution in [0.15, 0.2) is 29.6 Å². The summed E-state index contributed by atoms with van der Waals surface area (Å²) < 4.78 is 0. The van der Waals surface area contributed by atoms with Gasteiger partial charge in [-0.05, 0) is 17.7 Å². The van der Waals surface area contributed by atoms with Gasteiger partial charge in [0.15, 0.2) is 5.69 Å². The molecule has 1 heterocycles. The molecule has 98 valence electrons. The average molecular weight is 307 g/mol. The molecule has 2 aromatic rings. The standard InChI is InChI=1S/C11H10N2O2S.2ClH/c12-8-3-1-7(2-4-8)5-10-13-9(6-16-10)11(14)15;;/h1-4,6H,5,12H2,(H,14,15);2*1H. The van der Waals surface area contributed by atoms with Gasteiger partial charge in [-0.2, -0.15) is 0 Å². The molecule has 0 amide bonds. The van der Waals surface area contributed by atoms with Crippen LogP contribution in [0.4, 0.5) is 5.69 Å². The van der Waals surface area contributed by atoms with Crippen molar-refractivity contribution in [3.8, 4) is 0 Å². The third kappa shape index (κ3) is 4.18. The molecule has 0 bridgehead atoms. The number of halogens is 2. The zero-order valence-corrected chi connectivity index (χ0v) is 11.6. The maximum atomic E-state index is 10.6. The second kappa shape index (κ2) is 7.20. The first-order valence-corrected chi connectivity index (χ1v) is 5.55. The molecule has 0 radical (unpaired) electrons. The van der Waals surface area contributed by atoms with Gasteiger partial charge >= 0.3 is 5.97 Å². The number of carboxylic acid groups (broad SMARTS) is 1. The van der Waals surface area contributed by atoms with E-state index in [1.807, 2.05) is 24.3 Å². The van der Waals surface area contributed by atoms with E-state index in [4.69, 9.17) is 10.8 Å². The van der Waals surface area contributed by atoms with Gasteiger partial charge in [-0.15, -0.1) is 36.2 Å². The second-order valence-corrected chi connectivity index (χ2v) is 4.29. The van der Waals surface area contributed by atoms with Crippen molar-refractivity contribution < 1.29 is 9.90 Å². The minimum Gasteiger partial charge on any atom is -0.476 e. The zero-order valence-electron chi connectivity index (χ0n) is 9.20. The highest BCUT2D eigenvalue weighted by Gasteiger charge is 2.08. The Morgan fingerprint density at radius 2 is 1.89 bits per heavy atom. The number of benzene rings is 1. The Hall–Kier alpha value is -1.30. The van der Waals surface area contributed by atoms with E-state index < -0.39 is 5.97 Å². The number of carbonyl (C=O) groups is 1. The van der Waals surface area contributed by atoms with Crippen molar-refractivity contribution in [2.45, 2.75) is 6.42 Å². The summed E-state index contributed by atoms with van der Waals surface area (Å²) >= 11 is 1.35. The van der Waals surface area contributed by atoms with Crippen molar-refractivity contribution in [2.24, 2.45) is 0 Å². The fourth-order valence-corrected chi connectivity index (χ4v) is 2.10. The lowest BCUT2D eigenvalue weighted by Gasteiger charge is -1.98. The number of aromatic nitrogens is 1. The topological polar surface area (TPSA) is 76.2 Å². The van der Waals surface area contributed by atoms with E-state index in [-0.39, 0.29) is 30.5 Å². The van der Waals surface area contributed by atoms with Crippen molar-refractivity contribution in [3.63, 3.8) is 0 Å². The van der Waals surface area contributed by atoms with E-state index >= 15 is 0 Å². The molecule has 0 aliphatic rings. The predicted molar refractivity (Wildman–Crippen MR) is 77.2 cm³/mol. The van der Waals surface area contributed by atoms with Gasteiger partial charge in [-0.25, -0.2) is 9.78 Å². The van der Waals surface area contributed by atoms with Crippen molar-refractivity contribution in [1.82, 2.24) is 4.98 Å². The minimum atomic E-state index is -0.986. The van der Waals surface area contributed by atoms with Crippen LogP contribution in [0.25, 0.3) is 0 Å². The minimum absolute atomic E-state index is 0. The highest BCUT2D eigenvalue weighted by atomic mass is 35.5. The Morgan fingerprint density at radius 1 is 1.28 bits per heavy atom. The molecule has 1 aromatic carbocycles. The molecule has 18 heavy (non-hydrogen) atoms. The van der Waals surface area contributed by atoms with Crippen LogP contribution < -0.4 is 5.73 Å². The third-order valence-electron chi connectivity index (χ3n) is 2.11. The Morgan fingerprint density at radius 3 is 2.39 bits per heavy atom. The van der Waals surface area contributed by atoms with Crippen LogP contribution in [0.5, 0.6) is 0 Å². The van der Waals surface area contributed by atoms with Crippen LogP contribution in [0, 0.1) is 0 Å². The van der Waals surface area contributed by atoms with Crippen LogP contribution in [-0.2, 0) is 6.42 Å². The molecule has 0 aliphatic carbocycles. The van der Waals surface area contributed by atoms with E-state index in [9.17, 15) is 4.79 Å². The molecule has 7 heteroatoms. The number of nitrogen functional groups attached to an aromatic ring is 1. The molecular weight excluding hydrogens is 295 g/mol. The van der Waals surface area contributed by atoms with E-state index in [2.05, 4.69) is 4.98 Å². The van der Waals surface area contributed by atoms with E-state index in [1.165, 1.54) is 11.3 Å². The number of carboxylic acids is 1. The normalized spacial score (nSPS) is 9.11. The van der Waals surface area contributed by atoms with Gasteiger partial charge in [-0.3, -0.25) is 0 Å².